The number of alkyl carbamates (subject to hydrolysis) is 1. The Kier molecular flexibility index (Phi) is 9.63. The highest BCUT2D eigenvalue weighted by molar-refractivity contribution is 5.97. The van der Waals surface area contributed by atoms with E-state index < -0.39 is 6.09 Å². The number of benzene rings is 1. The third-order valence-corrected chi connectivity index (χ3v) is 2.74. The predicted octanol–water partition coefficient (Wildman–Crippen LogP) is 1.18. The number of hydrogen-bond acceptors (Lipinski definition) is 6. The van der Waals surface area contributed by atoms with Crippen molar-refractivity contribution in [3.8, 4) is 0 Å². The molecule has 1 aromatic rings. The van der Waals surface area contributed by atoms with Gasteiger partial charge in [-0.2, -0.15) is 0 Å². The van der Waals surface area contributed by atoms with Crippen molar-refractivity contribution in [1.82, 2.24) is 10.6 Å². The van der Waals surface area contributed by atoms with Gasteiger partial charge in [-0.15, -0.1) is 0 Å². The van der Waals surface area contributed by atoms with Gasteiger partial charge in [-0.1, -0.05) is 23.4 Å². The molecule has 0 aromatic heterocycles. The van der Waals surface area contributed by atoms with E-state index in [2.05, 4.69) is 15.8 Å². The third kappa shape index (κ3) is 8.74. The second-order valence-corrected chi connectivity index (χ2v) is 4.76. The summed E-state index contributed by atoms with van der Waals surface area (Å²) < 4.78 is 9.56. The Hall–Kier alpha value is -2.61. The molecule has 2 N–H and O–H groups in total. The Morgan fingerprint density at radius 2 is 1.83 bits per heavy atom. The minimum atomic E-state index is -0.536. The molecule has 0 bridgehead atoms. The van der Waals surface area contributed by atoms with Crippen LogP contribution in [0.15, 0.2) is 35.5 Å². The van der Waals surface area contributed by atoms with Gasteiger partial charge in [0.05, 0.1) is 25.4 Å². The lowest BCUT2D eigenvalue weighted by atomic mass is 10.2. The molecule has 8 nitrogen and oxygen atoms in total. The zero-order chi connectivity index (χ0) is 17.6. The lowest BCUT2D eigenvalue weighted by Crippen LogP contribution is -2.29. The molecule has 2 amide bonds. The van der Waals surface area contributed by atoms with Crippen molar-refractivity contribution in [1.29, 1.82) is 0 Å². The zero-order valence-electron chi connectivity index (χ0n) is 13.9. The molecular weight excluding hydrogens is 314 g/mol. The summed E-state index contributed by atoms with van der Waals surface area (Å²) in [6.45, 7) is 3.02. The summed E-state index contributed by atoms with van der Waals surface area (Å²) in [5, 5.41) is 9.09. The van der Waals surface area contributed by atoms with Gasteiger partial charge in [0.15, 0.2) is 0 Å². The standard InChI is InChI=1S/C16H23N3O5/c1-13(12-18-15(20)14-6-4-3-5-7-14)19-24-9-8-17-16(21)23-11-10-22-2/h3-7H,8-12H2,1-2H3,(H,17,21)(H,18,20)/b19-13+. The topological polar surface area (TPSA) is 98.2 Å². The average Bonchev–Trinajstić information content (AvgIpc) is 2.60. The van der Waals surface area contributed by atoms with Crippen LogP contribution < -0.4 is 10.6 Å². The Labute approximate surface area is 141 Å². The smallest absolute Gasteiger partial charge is 0.407 e. The largest absolute Gasteiger partial charge is 0.447 e. The maximum Gasteiger partial charge on any atom is 0.407 e. The van der Waals surface area contributed by atoms with E-state index in [9.17, 15) is 9.59 Å². The number of amides is 2. The van der Waals surface area contributed by atoms with Gasteiger partial charge in [-0.25, -0.2) is 4.79 Å². The monoisotopic (exact) mass is 337 g/mol. The number of rotatable bonds is 10. The molecule has 1 aromatic carbocycles. The van der Waals surface area contributed by atoms with Gasteiger partial charge in [0.2, 0.25) is 0 Å². The first-order chi connectivity index (χ1) is 11.6. The molecule has 0 unspecified atom stereocenters. The molecule has 1 rings (SSSR count). The van der Waals surface area contributed by atoms with Crippen molar-refractivity contribution in [2.75, 3.05) is 40.0 Å². The van der Waals surface area contributed by atoms with Gasteiger partial charge < -0.3 is 24.9 Å². The molecule has 0 heterocycles. The van der Waals surface area contributed by atoms with E-state index in [4.69, 9.17) is 14.3 Å². The van der Waals surface area contributed by atoms with E-state index >= 15 is 0 Å². The van der Waals surface area contributed by atoms with Gasteiger partial charge >= 0.3 is 6.09 Å². The maximum atomic E-state index is 11.8. The van der Waals surface area contributed by atoms with E-state index in [1.54, 1.807) is 31.2 Å². The van der Waals surface area contributed by atoms with Crippen LogP contribution in [0, 0.1) is 0 Å². The molecule has 132 valence electrons. The lowest BCUT2D eigenvalue weighted by Gasteiger charge is -2.07. The fourth-order valence-corrected chi connectivity index (χ4v) is 1.56. The van der Waals surface area contributed by atoms with Crippen molar-refractivity contribution >= 4 is 17.7 Å². The third-order valence-electron chi connectivity index (χ3n) is 2.74. The minimum absolute atomic E-state index is 0.175. The van der Waals surface area contributed by atoms with E-state index in [1.165, 1.54) is 7.11 Å². The Morgan fingerprint density at radius 1 is 1.08 bits per heavy atom. The van der Waals surface area contributed by atoms with Crippen LogP contribution in [-0.4, -0.2) is 57.7 Å². The molecule has 0 radical (unpaired) electrons. The quantitative estimate of drug-likeness (QED) is 0.379. The second kappa shape index (κ2) is 11.9. The maximum absolute atomic E-state index is 11.8. The highest BCUT2D eigenvalue weighted by atomic mass is 16.6. The lowest BCUT2D eigenvalue weighted by molar-refractivity contribution is 0.0936. The van der Waals surface area contributed by atoms with Crippen molar-refractivity contribution < 1.29 is 23.9 Å². The molecule has 24 heavy (non-hydrogen) atoms. The number of oxime groups is 1. The molecule has 0 spiro atoms. The number of nitrogens with one attached hydrogen (secondary N) is 2. The predicted molar refractivity (Wildman–Crippen MR) is 89.1 cm³/mol. The molecule has 0 saturated heterocycles. The fraction of sp³-hybridized carbons (Fsp3) is 0.438. The molecule has 0 fully saturated rings. The van der Waals surface area contributed by atoms with Gasteiger partial charge in [-0.3, -0.25) is 4.79 Å². The first kappa shape index (κ1) is 19.4. The summed E-state index contributed by atoms with van der Waals surface area (Å²) in [6.07, 6.45) is -0.536. The SMILES string of the molecule is COCCOC(=O)NCCO/N=C(\C)CNC(=O)c1ccccc1. The van der Waals surface area contributed by atoms with Crippen molar-refractivity contribution in [3.05, 3.63) is 35.9 Å². The van der Waals surface area contributed by atoms with Gasteiger partial charge in [0, 0.05) is 12.7 Å². The number of carbonyl (C=O) groups is 2. The molecule has 0 aliphatic carbocycles. The molecule has 0 aliphatic heterocycles. The summed E-state index contributed by atoms with van der Waals surface area (Å²) in [4.78, 5) is 28.1. The van der Waals surface area contributed by atoms with Crippen LogP contribution in [0.3, 0.4) is 0 Å². The first-order valence-electron chi connectivity index (χ1n) is 7.51. The van der Waals surface area contributed by atoms with E-state index in [0.717, 1.165) is 0 Å². The van der Waals surface area contributed by atoms with Crippen LogP contribution in [0.1, 0.15) is 17.3 Å². The second-order valence-electron chi connectivity index (χ2n) is 4.76. The van der Waals surface area contributed by atoms with Crippen LogP contribution in [0.4, 0.5) is 4.79 Å². The fourth-order valence-electron chi connectivity index (χ4n) is 1.56. The minimum Gasteiger partial charge on any atom is -0.447 e. The van der Waals surface area contributed by atoms with Crippen LogP contribution in [0.2, 0.25) is 0 Å². The molecule has 8 heteroatoms. The van der Waals surface area contributed by atoms with Crippen LogP contribution in [-0.2, 0) is 14.3 Å². The zero-order valence-corrected chi connectivity index (χ0v) is 13.9. The normalized spacial score (nSPS) is 10.8. The summed E-state index contributed by atoms with van der Waals surface area (Å²) in [6, 6.07) is 8.91. The molecular formula is C16H23N3O5. The number of methoxy groups -OCH3 is 1. The molecule has 0 atom stereocenters. The first-order valence-corrected chi connectivity index (χ1v) is 7.51. The number of carbonyl (C=O) groups excluding carboxylic acids is 2. The highest BCUT2D eigenvalue weighted by Gasteiger charge is 2.04. The Bertz CT molecular complexity index is 534. The van der Waals surface area contributed by atoms with Crippen molar-refractivity contribution in [2.24, 2.45) is 5.16 Å². The summed E-state index contributed by atoms with van der Waals surface area (Å²) in [5.41, 5.74) is 1.20. The van der Waals surface area contributed by atoms with E-state index in [1.807, 2.05) is 6.07 Å². The summed E-state index contributed by atoms with van der Waals surface area (Å²) in [7, 11) is 1.53. The van der Waals surface area contributed by atoms with Gasteiger partial charge in [-0.05, 0) is 19.1 Å². The molecule has 0 saturated carbocycles. The number of hydrogen-bond donors (Lipinski definition) is 2. The van der Waals surface area contributed by atoms with Gasteiger partial charge in [0.1, 0.15) is 13.2 Å². The average molecular weight is 337 g/mol. The Balaban J connectivity index is 2.12. The van der Waals surface area contributed by atoms with Crippen molar-refractivity contribution in [3.63, 3.8) is 0 Å². The molecule has 0 aliphatic rings. The summed E-state index contributed by atoms with van der Waals surface area (Å²) in [5.74, 6) is -0.175. The number of nitrogens with zero attached hydrogens (tertiary/aromatic N) is 1. The van der Waals surface area contributed by atoms with Crippen LogP contribution in [0.5, 0.6) is 0 Å². The van der Waals surface area contributed by atoms with E-state index in [0.29, 0.717) is 17.9 Å². The van der Waals surface area contributed by atoms with Crippen LogP contribution >= 0.6 is 0 Å². The summed E-state index contributed by atoms with van der Waals surface area (Å²) >= 11 is 0. The highest BCUT2D eigenvalue weighted by Crippen LogP contribution is 1.97. The van der Waals surface area contributed by atoms with E-state index in [-0.39, 0.29) is 32.2 Å². The Morgan fingerprint density at radius 3 is 2.54 bits per heavy atom. The van der Waals surface area contributed by atoms with Gasteiger partial charge in [0.25, 0.3) is 5.91 Å². The van der Waals surface area contributed by atoms with Crippen molar-refractivity contribution in [2.45, 2.75) is 6.92 Å². The number of ether oxygens (including phenoxy) is 2. The van der Waals surface area contributed by atoms with Crippen LogP contribution in [0.25, 0.3) is 0 Å².